The van der Waals surface area contributed by atoms with Crippen LogP contribution in [0.5, 0.6) is 0 Å². The molecule has 5 nitrogen and oxygen atoms in total. The summed E-state index contributed by atoms with van der Waals surface area (Å²) in [5.74, 6) is -3.50. The van der Waals surface area contributed by atoms with Crippen LogP contribution in [0.1, 0.15) is 11.1 Å². The first-order chi connectivity index (χ1) is 12.8. The van der Waals surface area contributed by atoms with E-state index in [0.29, 0.717) is 5.56 Å². The number of hydrogen-bond donors (Lipinski definition) is 1. The van der Waals surface area contributed by atoms with Crippen molar-refractivity contribution >= 4 is 23.1 Å². The second-order valence-corrected chi connectivity index (χ2v) is 6.28. The second-order valence-electron chi connectivity index (χ2n) is 6.28. The summed E-state index contributed by atoms with van der Waals surface area (Å²) in [6, 6.07) is 9.91. The Kier molecular flexibility index (Phi) is 5.05. The molecule has 2 aromatic rings. The quantitative estimate of drug-likeness (QED) is 0.820. The predicted octanol–water partition coefficient (Wildman–Crippen LogP) is 2.48. The van der Waals surface area contributed by atoms with Crippen molar-refractivity contribution in [3.63, 3.8) is 0 Å². The highest BCUT2D eigenvalue weighted by molar-refractivity contribution is 6.45. The van der Waals surface area contributed by atoms with Crippen molar-refractivity contribution in [3.8, 4) is 0 Å². The Morgan fingerprint density at radius 2 is 1.67 bits per heavy atom. The number of amides is 2. The van der Waals surface area contributed by atoms with Crippen LogP contribution in [0, 0.1) is 18.6 Å². The number of aliphatic hydroxyl groups is 1. The lowest BCUT2D eigenvalue weighted by Gasteiger charge is -2.20. The zero-order valence-corrected chi connectivity index (χ0v) is 14.9. The molecule has 140 valence electrons. The van der Waals surface area contributed by atoms with Gasteiger partial charge in [-0.25, -0.2) is 13.7 Å². The second kappa shape index (κ2) is 7.28. The van der Waals surface area contributed by atoms with Crippen LogP contribution in [0.2, 0.25) is 0 Å². The lowest BCUT2D eigenvalue weighted by molar-refractivity contribution is -0.120. The Bertz CT molecular complexity index is 939. The molecule has 1 aliphatic heterocycles. The molecule has 0 radical (unpaired) electrons. The molecule has 1 heterocycles. The van der Waals surface area contributed by atoms with Gasteiger partial charge >= 0.3 is 0 Å². The minimum atomic E-state index is -1.15. The number of carbonyl (C=O) groups excluding carboxylic acids is 2. The number of hydrogen-bond acceptors (Lipinski definition) is 4. The van der Waals surface area contributed by atoms with E-state index in [1.54, 1.807) is 19.2 Å². The highest BCUT2D eigenvalue weighted by Crippen LogP contribution is 2.34. The van der Waals surface area contributed by atoms with E-state index in [-0.39, 0.29) is 30.1 Å². The SMILES string of the molecule is Cc1ccc(C2=C(N(C)CCO)C(=O)N(c3ccc(F)c(F)c3)C2=O)cc1. The number of nitrogens with zero attached hydrogens (tertiary/aromatic N) is 2. The summed E-state index contributed by atoms with van der Waals surface area (Å²) in [6.45, 7) is 1.81. The van der Waals surface area contributed by atoms with Gasteiger partial charge < -0.3 is 10.0 Å². The van der Waals surface area contributed by atoms with Crippen molar-refractivity contribution < 1.29 is 23.5 Å². The van der Waals surface area contributed by atoms with Crippen LogP contribution in [-0.4, -0.2) is 42.0 Å². The van der Waals surface area contributed by atoms with Crippen molar-refractivity contribution in [1.82, 2.24) is 4.90 Å². The van der Waals surface area contributed by atoms with E-state index in [2.05, 4.69) is 0 Å². The van der Waals surface area contributed by atoms with E-state index >= 15 is 0 Å². The van der Waals surface area contributed by atoms with E-state index in [9.17, 15) is 23.5 Å². The number of likely N-dealkylation sites (N-methyl/N-ethyl adjacent to an activating group) is 1. The fourth-order valence-corrected chi connectivity index (χ4v) is 2.97. The minimum absolute atomic E-state index is 0.0547. The molecule has 1 aliphatic rings. The molecule has 2 aromatic carbocycles. The number of imide groups is 1. The molecule has 0 aromatic heterocycles. The molecule has 0 atom stereocenters. The maximum Gasteiger partial charge on any atom is 0.282 e. The monoisotopic (exact) mass is 372 g/mol. The van der Waals surface area contributed by atoms with E-state index < -0.39 is 23.4 Å². The number of benzene rings is 2. The molecule has 3 rings (SSSR count). The Morgan fingerprint density at radius 3 is 2.26 bits per heavy atom. The van der Waals surface area contributed by atoms with Gasteiger partial charge in [0.25, 0.3) is 11.8 Å². The first-order valence-electron chi connectivity index (χ1n) is 8.32. The maximum atomic E-state index is 13.6. The molecule has 2 amide bonds. The number of rotatable bonds is 5. The molecule has 0 spiro atoms. The number of anilines is 1. The van der Waals surface area contributed by atoms with Gasteiger partial charge in [-0.1, -0.05) is 29.8 Å². The Labute approximate surface area is 155 Å². The third kappa shape index (κ3) is 3.33. The number of halogens is 2. The molecular formula is C20H18F2N2O3. The van der Waals surface area contributed by atoms with E-state index in [1.165, 1.54) is 11.0 Å². The summed E-state index contributed by atoms with van der Waals surface area (Å²) in [5.41, 5.74) is 1.71. The molecule has 0 saturated carbocycles. The van der Waals surface area contributed by atoms with Gasteiger partial charge in [-0.05, 0) is 24.6 Å². The first kappa shape index (κ1) is 18.7. The highest BCUT2D eigenvalue weighted by atomic mass is 19.2. The lowest BCUT2D eigenvalue weighted by atomic mass is 10.0. The third-order valence-electron chi connectivity index (χ3n) is 4.38. The number of aryl methyl sites for hydroxylation is 1. The molecule has 0 bridgehead atoms. The van der Waals surface area contributed by atoms with Gasteiger partial charge in [0.2, 0.25) is 0 Å². The Hall–Kier alpha value is -3.06. The van der Waals surface area contributed by atoms with E-state index in [0.717, 1.165) is 22.6 Å². The van der Waals surface area contributed by atoms with E-state index in [1.807, 2.05) is 19.1 Å². The van der Waals surface area contributed by atoms with Crippen molar-refractivity contribution in [1.29, 1.82) is 0 Å². The molecule has 0 unspecified atom stereocenters. The maximum absolute atomic E-state index is 13.6. The normalized spacial score (nSPS) is 14.3. The summed E-state index contributed by atoms with van der Waals surface area (Å²) in [5, 5.41) is 9.23. The summed E-state index contributed by atoms with van der Waals surface area (Å²) < 4.78 is 26.9. The molecule has 27 heavy (non-hydrogen) atoms. The summed E-state index contributed by atoms with van der Waals surface area (Å²) in [4.78, 5) is 28.3. The van der Waals surface area contributed by atoms with Crippen LogP contribution in [0.3, 0.4) is 0 Å². The van der Waals surface area contributed by atoms with Crippen molar-refractivity contribution in [2.75, 3.05) is 25.1 Å². The average Bonchev–Trinajstić information content (AvgIpc) is 2.89. The van der Waals surface area contributed by atoms with Gasteiger partial charge in [-0.15, -0.1) is 0 Å². The molecule has 0 saturated heterocycles. The fourth-order valence-electron chi connectivity index (χ4n) is 2.97. The summed E-state index contributed by atoms with van der Waals surface area (Å²) in [6.07, 6.45) is 0. The van der Waals surface area contributed by atoms with Crippen molar-refractivity contribution in [2.24, 2.45) is 0 Å². The standard InChI is InChI=1S/C20H18F2N2O3/c1-12-3-5-13(6-4-12)17-18(23(2)9-10-25)20(27)24(19(17)26)14-7-8-15(21)16(22)11-14/h3-8,11,25H,9-10H2,1-2H3. The van der Waals surface area contributed by atoms with Gasteiger partial charge in [-0.2, -0.15) is 0 Å². The van der Waals surface area contributed by atoms with Gasteiger partial charge in [-0.3, -0.25) is 9.59 Å². The molecule has 7 heteroatoms. The van der Waals surface area contributed by atoms with Crippen LogP contribution < -0.4 is 4.90 Å². The third-order valence-corrected chi connectivity index (χ3v) is 4.38. The minimum Gasteiger partial charge on any atom is -0.395 e. The largest absolute Gasteiger partial charge is 0.395 e. The smallest absolute Gasteiger partial charge is 0.282 e. The Balaban J connectivity index is 2.13. The summed E-state index contributed by atoms with van der Waals surface area (Å²) >= 11 is 0. The van der Waals surface area contributed by atoms with Gasteiger partial charge in [0, 0.05) is 19.7 Å². The topological polar surface area (TPSA) is 60.9 Å². The molecule has 1 N–H and O–H groups in total. The van der Waals surface area contributed by atoms with Crippen LogP contribution >= 0.6 is 0 Å². The van der Waals surface area contributed by atoms with Crippen molar-refractivity contribution in [3.05, 3.63) is 70.9 Å². The summed E-state index contributed by atoms with van der Waals surface area (Å²) in [7, 11) is 1.58. The first-order valence-corrected chi connectivity index (χ1v) is 8.32. The molecule has 0 aliphatic carbocycles. The van der Waals surface area contributed by atoms with Crippen LogP contribution in [0.25, 0.3) is 5.57 Å². The fraction of sp³-hybridized carbons (Fsp3) is 0.200. The van der Waals surface area contributed by atoms with Crippen LogP contribution in [-0.2, 0) is 9.59 Å². The van der Waals surface area contributed by atoms with Gasteiger partial charge in [0.05, 0.1) is 17.9 Å². The van der Waals surface area contributed by atoms with Gasteiger partial charge in [0.15, 0.2) is 11.6 Å². The van der Waals surface area contributed by atoms with Gasteiger partial charge in [0.1, 0.15) is 5.70 Å². The van der Waals surface area contributed by atoms with Crippen LogP contribution in [0.4, 0.5) is 14.5 Å². The average molecular weight is 372 g/mol. The predicted molar refractivity (Wildman–Crippen MR) is 96.7 cm³/mol. The zero-order valence-electron chi connectivity index (χ0n) is 14.9. The highest BCUT2D eigenvalue weighted by Gasteiger charge is 2.41. The lowest BCUT2D eigenvalue weighted by Crippen LogP contribution is -2.35. The number of aliphatic hydroxyl groups excluding tert-OH is 1. The zero-order chi connectivity index (χ0) is 19.7. The molecule has 0 fully saturated rings. The van der Waals surface area contributed by atoms with Crippen LogP contribution in [0.15, 0.2) is 48.2 Å². The van der Waals surface area contributed by atoms with E-state index in [4.69, 9.17) is 0 Å². The number of carbonyl (C=O) groups is 2. The van der Waals surface area contributed by atoms with Crippen molar-refractivity contribution in [2.45, 2.75) is 6.92 Å². The Morgan fingerprint density at radius 1 is 1.00 bits per heavy atom. The molecular weight excluding hydrogens is 354 g/mol.